The Kier molecular flexibility index (Phi) is 9.39. The van der Waals surface area contributed by atoms with E-state index in [-0.39, 0.29) is 58.3 Å². The lowest BCUT2D eigenvalue weighted by Gasteiger charge is -2.43. The third-order valence-electron chi connectivity index (χ3n) is 10.3. The smallest absolute Gasteiger partial charge is 0.418 e. The minimum absolute atomic E-state index is 0.0312. The number of unbranched alkanes of at least 4 members (excludes halogenated alkanes) is 2. The molecule has 2 aliphatic carbocycles. The average Bonchev–Trinajstić information content (AvgIpc) is 3.79. The first kappa shape index (κ1) is 34.8. The number of fused-ring (bicyclic) bond motifs is 9. The quantitative estimate of drug-likeness (QED) is 0.150. The molecule has 7 atom stereocenters. The number of nitrogens with one attached hydrogen (secondary N) is 2. The van der Waals surface area contributed by atoms with Gasteiger partial charge in [0.15, 0.2) is 6.61 Å². The van der Waals surface area contributed by atoms with Gasteiger partial charge in [-0.15, -0.1) is 11.8 Å². The van der Waals surface area contributed by atoms with Crippen molar-refractivity contribution < 1.29 is 42.2 Å². The first-order valence-corrected chi connectivity index (χ1v) is 18.7. The predicted molar refractivity (Wildman–Crippen MR) is 181 cm³/mol. The SMILES string of the molecule is O=C(O)CCCCCN1C(=O)C2C3CC(C2C1=O)C1C3Sc2[nH]c(=O)sc2[C@@H]1c1cc(Br)ccc1OCC(=O)Nc1ccccc1C(F)(F)F. The van der Waals surface area contributed by atoms with Crippen LogP contribution in [0.4, 0.5) is 18.9 Å². The number of carbonyl (C=O) groups excluding carboxylic acids is 3. The molecule has 3 heterocycles. The third-order valence-corrected chi connectivity index (χ3v) is 13.3. The van der Waals surface area contributed by atoms with Crippen molar-refractivity contribution >= 4 is 68.4 Å². The van der Waals surface area contributed by atoms with Gasteiger partial charge in [0.05, 0.1) is 28.1 Å². The van der Waals surface area contributed by atoms with Gasteiger partial charge in [-0.2, -0.15) is 13.2 Å². The number of halogens is 4. The number of aromatic amines is 1. The summed E-state index contributed by atoms with van der Waals surface area (Å²) in [6, 6.07) is 9.89. The number of anilines is 1. The molecular weight excluding hydrogens is 763 g/mol. The van der Waals surface area contributed by atoms with E-state index >= 15 is 0 Å². The molecule has 1 aromatic heterocycles. The van der Waals surface area contributed by atoms with Crippen LogP contribution in [0.5, 0.6) is 5.75 Å². The van der Waals surface area contributed by atoms with Gasteiger partial charge < -0.3 is 20.1 Å². The number of likely N-dealkylation sites (tertiary alicyclic amines) is 1. The van der Waals surface area contributed by atoms with Crippen molar-refractivity contribution in [3.05, 3.63) is 72.6 Å². The van der Waals surface area contributed by atoms with E-state index in [2.05, 4.69) is 26.2 Å². The van der Waals surface area contributed by atoms with Crippen molar-refractivity contribution in [3.63, 3.8) is 0 Å². The highest BCUT2D eigenvalue weighted by Gasteiger charge is 2.69. The third kappa shape index (κ3) is 6.27. The number of ether oxygens (including phenoxy) is 1. The number of carbonyl (C=O) groups is 4. The predicted octanol–water partition coefficient (Wildman–Crippen LogP) is 6.35. The van der Waals surface area contributed by atoms with Gasteiger partial charge in [-0.1, -0.05) is 45.8 Å². The number of carboxylic acids is 1. The summed E-state index contributed by atoms with van der Waals surface area (Å²) in [5.41, 5.74) is -0.712. The molecule has 2 bridgehead atoms. The van der Waals surface area contributed by atoms with Gasteiger partial charge in [0, 0.05) is 39.0 Å². The number of aromatic nitrogens is 1. The summed E-state index contributed by atoms with van der Waals surface area (Å²) in [5.74, 6) is -3.58. The highest BCUT2D eigenvalue weighted by Crippen LogP contribution is 2.69. The molecular formula is C34H31BrF3N3O7S2. The van der Waals surface area contributed by atoms with Crippen LogP contribution in [0.3, 0.4) is 0 Å². The van der Waals surface area contributed by atoms with Crippen molar-refractivity contribution in [2.45, 2.75) is 54.5 Å². The lowest BCUT2D eigenvalue weighted by atomic mass is 9.68. The molecule has 3 aromatic rings. The number of amides is 3. The summed E-state index contributed by atoms with van der Waals surface area (Å²) < 4.78 is 47.3. The minimum atomic E-state index is -4.67. The zero-order chi connectivity index (χ0) is 35.5. The van der Waals surface area contributed by atoms with Gasteiger partial charge >= 0.3 is 17.0 Å². The van der Waals surface area contributed by atoms with Crippen molar-refractivity contribution in [1.82, 2.24) is 9.88 Å². The number of nitrogens with zero attached hydrogens (tertiary/aromatic N) is 1. The van der Waals surface area contributed by atoms with Crippen LogP contribution in [0.1, 0.15) is 54.0 Å². The molecule has 2 saturated carbocycles. The maximum absolute atomic E-state index is 13.9. The molecule has 3 amide bonds. The lowest BCUT2D eigenvalue weighted by molar-refractivity contribution is -0.141. The normalized spacial score (nSPS) is 26.5. The van der Waals surface area contributed by atoms with Crippen molar-refractivity contribution in [3.8, 4) is 5.75 Å². The fraction of sp³-hybridized carbons (Fsp3) is 0.441. The number of H-pyrrole nitrogens is 1. The number of rotatable bonds is 11. The zero-order valence-electron chi connectivity index (χ0n) is 26.2. The van der Waals surface area contributed by atoms with Gasteiger partial charge in [-0.05, 0) is 67.3 Å². The standard InChI is InChI=1S/C34H31BrF3N3O7S2/c35-15-9-10-21(48-14-22(42)39-20-7-4-3-6-19(20)34(36,37)38)16(12-15)24-25-17-13-18(28(25)49-30-29(24)50-33(47)40-30)27-26(17)31(45)41(32(27)46)11-5-1-2-8-23(43)44/h3-4,6-7,9-10,12,17-18,24-28H,1-2,5,8,11,13-14H2,(H,39,42)(H,40,47)(H,43,44)/t17?,18?,24-,25?,26?,27?,28?/m1/s1. The second-order valence-electron chi connectivity index (χ2n) is 13.1. The molecule has 2 aromatic carbocycles. The fourth-order valence-corrected chi connectivity index (χ4v) is 11.7. The Morgan fingerprint density at radius 3 is 2.52 bits per heavy atom. The largest absolute Gasteiger partial charge is 0.483 e. The van der Waals surface area contributed by atoms with Crippen molar-refractivity contribution in [1.29, 1.82) is 0 Å². The second-order valence-corrected chi connectivity index (χ2v) is 16.2. The van der Waals surface area contributed by atoms with Crippen LogP contribution in [0.15, 0.2) is 56.8 Å². The molecule has 0 radical (unpaired) electrons. The van der Waals surface area contributed by atoms with Crippen molar-refractivity contribution in [2.75, 3.05) is 18.5 Å². The molecule has 3 N–H and O–H groups in total. The van der Waals surface area contributed by atoms with Crippen LogP contribution in [-0.2, 0) is 25.4 Å². The molecule has 3 fully saturated rings. The van der Waals surface area contributed by atoms with E-state index in [4.69, 9.17) is 9.84 Å². The van der Waals surface area contributed by atoms with E-state index in [0.29, 0.717) is 46.5 Å². The Hall–Kier alpha value is -3.63. The van der Waals surface area contributed by atoms with Gasteiger partial charge in [0.25, 0.3) is 5.91 Å². The number of aliphatic carboxylic acids is 1. The minimum Gasteiger partial charge on any atom is -0.483 e. The number of para-hydroxylation sites is 1. The summed E-state index contributed by atoms with van der Waals surface area (Å²) in [5, 5.41) is 11.8. The van der Waals surface area contributed by atoms with Crippen LogP contribution < -0.4 is 14.9 Å². The molecule has 7 rings (SSSR count). The number of thiazole rings is 1. The van der Waals surface area contributed by atoms with Gasteiger partial charge in [0.2, 0.25) is 11.8 Å². The molecule has 0 spiro atoms. The first-order valence-electron chi connectivity index (χ1n) is 16.2. The summed E-state index contributed by atoms with van der Waals surface area (Å²) in [4.78, 5) is 68.9. The van der Waals surface area contributed by atoms with E-state index < -0.39 is 48.0 Å². The maximum Gasteiger partial charge on any atom is 0.418 e. The Morgan fingerprint density at radius 1 is 1.04 bits per heavy atom. The summed E-state index contributed by atoms with van der Waals surface area (Å²) in [7, 11) is 0. The highest BCUT2D eigenvalue weighted by molar-refractivity contribution is 9.10. The second kappa shape index (κ2) is 13.5. The Morgan fingerprint density at radius 2 is 1.78 bits per heavy atom. The van der Waals surface area contributed by atoms with Crippen LogP contribution in [0, 0.1) is 29.6 Å². The van der Waals surface area contributed by atoms with Crippen LogP contribution in [0.25, 0.3) is 0 Å². The number of imide groups is 1. The topological polar surface area (TPSA) is 146 Å². The van der Waals surface area contributed by atoms with Crippen LogP contribution >= 0.6 is 39.0 Å². The Labute approximate surface area is 300 Å². The Balaban J connectivity index is 1.15. The monoisotopic (exact) mass is 793 g/mol. The first-order chi connectivity index (χ1) is 23.8. The van der Waals surface area contributed by atoms with E-state index in [1.54, 1.807) is 12.1 Å². The molecule has 6 unspecified atom stereocenters. The van der Waals surface area contributed by atoms with Crippen LogP contribution in [-0.4, -0.2) is 57.1 Å². The number of carboxylic acid groups (broad SMARTS) is 1. The molecule has 264 valence electrons. The van der Waals surface area contributed by atoms with E-state index in [9.17, 15) is 37.1 Å². The lowest BCUT2D eigenvalue weighted by Crippen LogP contribution is -2.42. The number of alkyl halides is 3. The van der Waals surface area contributed by atoms with Gasteiger partial charge in [-0.3, -0.25) is 28.9 Å². The van der Waals surface area contributed by atoms with E-state index in [0.717, 1.165) is 22.3 Å². The van der Waals surface area contributed by atoms with Crippen molar-refractivity contribution in [2.24, 2.45) is 29.6 Å². The summed E-state index contributed by atoms with van der Waals surface area (Å²) in [6.45, 7) is -0.340. The van der Waals surface area contributed by atoms with Gasteiger partial charge in [0.1, 0.15) is 5.75 Å². The van der Waals surface area contributed by atoms with E-state index in [1.165, 1.54) is 34.9 Å². The average molecular weight is 795 g/mol. The maximum atomic E-state index is 13.9. The number of benzene rings is 2. The molecule has 10 nitrogen and oxygen atoms in total. The molecule has 1 saturated heterocycles. The fourth-order valence-electron chi connectivity index (χ4n) is 8.43. The van der Waals surface area contributed by atoms with Crippen LogP contribution in [0.2, 0.25) is 0 Å². The summed E-state index contributed by atoms with van der Waals surface area (Å²) in [6.07, 6.45) is -2.39. The molecule has 16 heteroatoms. The van der Waals surface area contributed by atoms with Gasteiger partial charge in [-0.25, -0.2) is 0 Å². The number of hydrogen-bond acceptors (Lipinski definition) is 8. The zero-order valence-corrected chi connectivity index (χ0v) is 29.4. The summed E-state index contributed by atoms with van der Waals surface area (Å²) >= 11 is 6.13. The number of hydrogen-bond donors (Lipinski definition) is 3. The molecule has 50 heavy (non-hydrogen) atoms. The Bertz CT molecular complexity index is 1930. The molecule has 4 aliphatic rings. The highest BCUT2D eigenvalue weighted by atomic mass is 79.9. The van der Waals surface area contributed by atoms with E-state index in [1.807, 2.05) is 6.07 Å². The molecule has 2 aliphatic heterocycles. The number of thioether (sulfide) groups is 1.